The molecule has 2 aromatic heterocycles. The zero-order valence-electron chi connectivity index (χ0n) is 16.5. The van der Waals surface area contributed by atoms with E-state index in [1.165, 1.54) is 18.2 Å². The number of aliphatic hydroxyl groups excluding tert-OH is 1. The smallest absolute Gasteiger partial charge is 0.229 e. The van der Waals surface area contributed by atoms with Crippen molar-refractivity contribution in [2.45, 2.75) is 51.5 Å². The maximum atomic E-state index is 9.47. The number of hydrogen-bond acceptors (Lipinski definition) is 5. The lowest BCUT2D eigenvalue weighted by Crippen LogP contribution is -2.40. The number of H-pyrrole nitrogens is 1. The maximum Gasteiger partial charge on any atom is 0.229 e. The molecule has 6 nitrogen and oxygen atoms in total. The van der Waals surface area contributed by atoms with Gasteiger partial charge >= 0.3 is 0 Å². The molecular weight excluding hydrogens is 350 g/mol. The molecule has 1 aromatic carbocycles. The van der Waals surface area contributed by atoms with Gasteiger partial charge < -0.3 is 20.3 Å². The van der Waals surface area contributed by atoms with Crippen LogP contribution in [0.15, 0.2) is 36.5 Å². The lowest BCUT2D eigenvalue weighted by atomic mass is 9.99. The number of hydrogen-bond donors (Lipinski definition) is 3. The van der Waals surface area contributed by atoms with Gasteiger partial charge in [-0.3, -0.25) is 0 Å². The van der Waals surface area contributed by atoms with E-state index in [-0.39, 0.29) is 6.61 Å². The quantitative estimate of drug-likeness (QED) is 0.567. The Labute approximate surface area is 166 Å². The highest BCUT2D eigenvalue weighted by Crippen LogP contribution is 2.28. The van der Waals surface area contributed by atoms with Gasteiger partial charge in [-0.2, -0.15) is 4.98 Å². The molecule has 1 saturated heterocycles. The second-order valence-electron chi connectivity index (χ2n) is 7.55. The summed E-state index contributed by atoms with van der Waals surface area (Å²) in [4.78, 5) is 15.2. The Bertz CT molecular complexity index is 920. The van der Waals surface area contributed by atoms with Crippen LogP contribution in [-0.4, -0.2) is 39.3 Å². The zero-order chi connectivity index (χ0) is 19.3. The molecule has 0 bridgehead atoms. The number of piperidine rings is 1. The van der Waals surface area contributed by atoms with E-state index < -0.39 is 0 Å². The molecule has 4 rings (SSSR count). The van der Waals surface area contributed by atoms with E-state index in [1.807, 2.05) is 6.20 Å². The molecule has 0 saturated carbocycles. The van der Waals surface area contributed by atoms with E-state index in [2.05, 4.69) is 52.5 Å². The van der Waals surface area contributed by atoms with Crippen LogP contribution < -0.4 is 10.2 Å². The van der Waals surface area contributed by atoms with Gasteiger partial charge in [0.15, 0.2) is 0 Å². The molecule has 28 heavy (non-hydrogen) atoms. The molecule has 6 heteroatoms. The van der Waals surface area contributed by atoms with E-state index in [4.69, 9.17) is 9.97 Å². The van der Waals surface area contributed by atoms with Crippen molar-refractivity contribution in [3.05, 3.63) is 42.2 Å². The topological polar surface area (TPSA) is 77.1 Å². The third kappa shape index (κ3) is 4.12. The van der Waals surface area contributed by atoms with Gasteiger partial charge in [-0.15, -0.1) is 0 Å². The van der Waals surface area contributed by atoms with E-state index in [0.717, 1.165) is 54.9 Å². The molecule has 1 atom stereocenters. The van der Waals surface area contributed by atoms with Gasteiger partial charge in [-0.05, 0) is 55.7 Å². The summed E-state index contributed by atoms with van der Waals surface area (Å²) < 4.78 is 0. The van der Waals surface area contributed by atoms with Crippen LogP contribution in [0.1, 0.15) is 44.7 Å². The molecule has 1 fully saturated rings. The van der Waals surface area contributed by atoms with Crippen LogP contribution in [0, 0.1) is 0 Å². The third-order valence-corrected chi connectivity index (χ3v) is 5.47. The summed E-state index contributed by atoms with van der Waals surface area (Å²) in [5.74, 6) is 1.61. The number of fused-ring (bicyclic) bond motifs is 1. The minimum Gasteiger partial charge on any atom is -0.396 e. The first-order chi connectivity index (χ1) is 13.8. The number of anilines is 3. The van der Waals surface area contributed by atoms with Gasteiger partial charge in [0.05, 0.1) is 0 Å². The van der Waals surface area contributed by atoms with Crippen molar-refractivity contribution in [3.8, 4) is 0 Å². The van der Waals surface area contributed by atoms with Crippen molar-refractivity contribution >= 4 is 28.4 Å². The average Bonchev–Trinajstić information content (AvgIpc) is 3.17. The average molecular weight is 380 g/mol. The summed E-state index contributed by atoms with van der Waals surface area (Å²) in [5, 5.41) is 14.0. The van der Waals surface area contributed by atoms with Crippen molar-refractivity contribution in [3.63, 3.8) is 0 Å². The maximum absolute atomic E-state index is 9.47. The highest BCUT2D eigenvalue weighted by atomic mass is 16.3. The summed E-state index contributed by atoms with van der Waals surface area (Å²) >= 11 is 0. The molecule has 3 N–H and O–H groups in total. The molecule has 148 valence electrons. The Kier molecular flexibility index (Phi) is 5.76. The Morgan fingerprint density at radius 1 is 1.21 bits per heavy atom. The van der Waals surface area contributed by atoms with Gasteiger partial charge in [-0.25, -0.2) is 4.98 Å². The fourth-order valence-electron chi connectivity index (χ4n) is 4.08. The van der Waals surface area contributed by atoms with Gasteiger partial charge in [0.25, 0.3) is 0 Å². The second kappa shape index (κ2) is 8.61. The summed E-state index contributed by atoms with van der Waals surface area (Å²) in [5.41, 5.74) is 3.12. The lowest BCUT2D eigenvalue weighted by molar-refractivity contribution is 0.262. The number of nitrogens with one attached hydrogen (secondary N) is 2. The van der Waals surface area contributed by atoms with Crippen molar-refractivity contribution in [1.29, 1.82) is 0 Å². The minimum atomic E-state index is 0.218. The fourth-order valence-corrected chi connectivity index (χ4v) is 4.08. The number of rotatable bonds is 7. The number of benzene rings is 1. The summed E-state index contributed by atoms with van der Waals surface area (Å²) in [7, 11) is 0. The summed E-state index contributed by atoms with van der Waals surface area (Å²) in [6.07, 6.45) is 8.21. The fraction of sp³-hybridized carbons (Fsp3) is 0.455. The summed E-state index contributed by atoms with van der Waals surface area (Å²) in [6.45, 7) is 3.37. The van der Waals surface area contributed by atoms with E-state index in [0.29, 0.717) is 12.0 Å². The molecule has 1 aliphatic heterocycles. The van der Waals surface area contributed by atoms with Gasteiger partial charge in [0.1, 0.15) is 5.82 Å². The number of aliphatic hydroxyl groups is 1. The normalized spacial score (nSPS) is 17.2. The first kappa shape index (κ1) is 18.7. The number of aromatic nitrogens is 3. The van der Waals surface area contributed by atoms with Gasteiger partial charge in [-0.1, -0.05) is 19.4 Å². The first-order valence-electron chi connectivity index (χ1n) is 10.4. The molecule has 0 aliphatic carbocycles. The predicted molar refractivity (Wildman–Crippen MR) is 114 cm³/mol. The Morgan fingerprint density at radius 2 is 2.14 bits per heavy atom. The molecule has 3 heterocycles. The Hall–Kier alpha value is -2.60. The predicted octanol–water partition coefficient (Wildman–Crippen LogP) is 4.40. The van der Waals surface area contributed by atoms with Crippen molar-refractivity contribution in [2.75, 3.05) is 23.4 Å². The van der Waals surface area contributed by atoms with Crippen molar-refractivity contribution in [2.24, 2.45) is 0 Å². The van der Waals surface area contributed by atoms with Crippen LogP contribution in [0.3, 0.4) is 0 Å². The standard InChI is InChI=1S/C22H29N5O/c1-2-5-17-15-21(27-12-4-3-6-19(27)10-13-28)26-22(24-17)25-18-8-7-16-9-11-23-20(16)14-18/h7-9,11,14-15,19,23,28H,2-6,10,12-13H2,1H3,(H,24,25,26). The van der Waals surface area contributed by atoms with Crippen LogP contribution >= 0.6 is 0 Å². The molecule has 0 amide bonds. The van der Waals surface area contributed by atoms with Crippen LogP contribution in [0.2, 0.25) is 0 Å². The highest BCUT2D eigenvalue weighted by Gasteiger charge is 2.24. The molecule has 0 radical (unpaired) electrons. The third-order valence-electron chi connectivity index (χ3n) is 5.47. The molecule has 1 unspecified atom stereocenters. The largest absolute Gasteiger partial charge is 0.396 e. The monoisotopic (exact) mass is 379 g/mol. The van der Waals surface area contributed by atoms with Crippen LogP contribution in [-0.2, 0) is 6.42 Å². The van der Waals surface area contributed by atoms with Crippen LogP contribution in [0.4, 0.5) is 17.5 Å². The highest BCUT2D eigenvalue weighted by molar-refractivity contribution is 5.83. The van der Waals surface area contributed by atoms with E-state index in [1.54, 1.807) is 0 Å². The van der Waals surface area contributed by atoms with Crippen molar-refractivity contribution < 1.29 is 5.11 Å². The lowest BCUT2D eigenvalue weighted by Gasteiger charge is -2.36. The number of aromatic amines is 1. The molecule has 3 aromatic rings. The van der Waals surface area contributed by atoms with Crippen molar-refractivity contribution in [1.82, 2.24) is 15.0 Å². The molecule has 0 spiro atoms. The molecular formula is C22H29N5O. The first-order valence-corrected chi connectivity index (χ1v) is 10.4. The second-order valence-corrected chi connectivity index (χ2v) is 7.55. The summed E-state index contributed by atoms with van der Waals surface area (Å²) in [6, 6.07) is 10.8. The molecule has 1 aliphatic rings. The minimum absolute atomic E-state index is 0.218. The van der Waals surface area contributed by atoms with Gasteiger partial charge in [0, 0.05) is 48.4 Å². The Balaban J connectivity index is 1.64. The SMILES string of the molecule is CCCc1cc(N2CCCCC2CCO)nc(Nc2ccc3cc[nH]c3c2)n1. The number of nitrogens with zero attached hydrogens (tertiary/aromatic N) is 3. The van der Waals surface area contributed by atoms with Crippen LogP contribution in [0.5, 0.6) is 0 Å². The van der Waals surface area contributed by atoms with Crippen LogP contribution in [0.25, 0.3) is 10.9 Å². The Morgan fingerprint density at radius 3 is 3.00 bits per heavy atom. The number of aryl methyl sites for hydroxylation is 1. The zero-order valence-corrected chi connectivity index (χ0v) is 16.5. The van der Waals surface area contributed by atoms with Gasteiger partial charge in [0.2, 0.25) is 5.95 Å². The van der Waals surface area contributed by atoms with E-state index in [9.17, 15) is 5.11 Å². The van der Waals surface area contributed by atoms with E-state index >= 15 is 0 Å².